The molecule has 25 heavy (non-hydrogen) atoms. The first kappa shape index (κ1) is 16.9. The van der Waals surface area contributed by atoms with E-state index < -0.39 is 0 Å². The summed E-state index contributed by atoms with van der Waals surface area (Å²) in [4.78, 5) is 20.9. The van der Waals surface area contributed by atoms with E-state index in [1.54, 1.807) is 36.5 Å². The van der Waals surface area contributed by atoms with E-state index >= 15 is 0 Å². The van der Waals surface area contributed by atoms with Gasteiger partial charge in [0.15, 0.2) is 0 Å². The van der Waals surface area contributed by atoms with Gasteiger partial charge in [-0.2, -0.15) is 0 Å². The Hall–Kier alpha value is -2.92. The second kappa shape index (κ2) is 7.32. The van der Waals surface area contributed by atoms with E-state index in [0.29, 0.717) is 16.7 Å². The van der Waals surface area contributed by atoms with Gasteiger partial charge in [-0.25, -0.2) is 9.97 Å². The Kier molecular flexibility index (Phi) is 4.95. The molecule has 2 aromatic carbocycles. The number of carbonyl (C=O) groups is 1. The average Bonchev–Trinajstić information content (AvgIpc) is 2.60. The third-order valence-electron chi connectivity index (χ3n) is 3.73. The maximum absolute atomic E-state index is 12.4. The van der Waals surface area contributed by atoms with Crippen LogP contribution in [0.2, 0.25) is 5.02 Å². The van der Waals surface area contributed by atoms with Gasteiger partial charge in [0.25, 0.3) is 5.91 Å². The molecule has 126 valence electrons. The van der Waals surface area contributed by atoms with Crippen molar-refractivity contribution in [1.82, 2.24) is 9.97 Å². The van der Waals surface area contributed by atoms with Crippen molar-refractivity contribution in [3.05, 3.63) is 76.6 Å². The van der Waals surface area contributed by atoms with Gasteiger partial charge in [-0.3, -0.25) is 4.79 Å². The molecule has 3 rings (SSSR count). The molecule has 1 aromatic heterocycles. The molecule has 0 atom stereocenters. The molecule has 0 unspecified atom stereocenters. The molecule has 1 heterocycles. The number of nitrogens with one attached hydrogen (secondary N) is 2. The van der Waals surface area contributed by atoms with Crippen LogP contribution < -0.4 is 10.6 Å². The summed E-state index contributed by atoms with van der Waals surface area (Å²) in [7, 11) is 0. The van der Waals surface area contributed by atoms with Gasteiger partial charge in [-0.1, -0.05) is 41.9 Å². The Morgan fingerprint density at radius 3 is 2.44 bits per heavy atom. The molecule has 2 N–H and O–H groups in total. The highest BCUT2D eigenvalue weighted by atomic mass is 35.5. The number of aromatic nitrogens is 2. The molecule has 6 heteroatoms. The maximum Gasteiger partial charge on any atom is 0.274 e. The van der Waals surface area contributed by atoms with E-state index in [1.165, 1.54) is 0 Å². The van der Waals surface area contributed by atoms with Crippen LogP contribution in [0.1, 0.15) is 21.6 Å². The van der Waals surface area contributed by atoms with Crippen LogP contribution in [0.3, 0.4) is 0 Å². The third-order valence-corrected chi connectivity index (χ3v) is 4.06. The summed E-state index contributed by atoms with van der Waals surface area (Å²) in [6.07, 6.45) is 1.55. The number of benzene rings is 2. The van der Waals surface area contributed by atoms with Gasteiger partial charge >= 0.3 is 0 Å². The largest absolute Gasteiger partial charge is 0.324 e. The lowest BCUT2D eigenvalue weighted by Crippen LogP contribution is -2.15. The van der Waals surface area contributed by atoms with Crippen molar-refractivity contribution in [2.45, 2.75) is 13.8 Å². The summed E-state index contributed by atoms with van der Waals surface area (Å²) in [6.45, 7) is 4.01. The standard InChI is InChI=1S/C19H17ClN4O/c1-12-6-5-7-13(2)17(12)24-19-21-11-10-16(23-19)18(25)22-15-9-4-3-8-14(15)20/h3-11H,1-2H3,(H,22,25)(H,21,23,24). The van der Waals surface area contributed by atoms with Crippen molar-refractivity contribution in [1.29, 1.82) is 0 Å². The second-order valence-corrected chi connectivity index (χ2v) is 6.00. The molecule has 1 amide bonds. The summed E-state index contributed by atoms with van der Waals surface area (Å²) in [6, 6.07) is 14.6. The lowest BCUT2D eigenvalue weighted by molar-refractivity contribution is 0.102. The predicted octanol–water partition coefficient (Wildman–Crippen LogP) is 4.74. The van der Waals surface area contributed by atoms with Crippen molar-refractivity contribution in [2.75, 3.05) is 10.6 Å². The Morgan fingerprint density at radius 1 is 1.00 bits per heavy atom. The maximum atomic E-state index is 12.4. The minimum Gasteiger partial charge on any atom is -0.324 e. The molecule has 0 bridgehead atoms. The number of halogens is 1. The molecule has 0 saturated heterocycles. The molecule has 0 saturated carbocycles. The van der Waals surface area contributed by atoms with Crippen LogP contribution in [0.15, 0.2) is 54.7 Å². The normalized spacial score (nSPS) is 10.4. The summed E-state index contributed by atoms with van der Waals surface area (Å²) in [5.41, 5.74) is 3.89. The number of carbonyl (C=O) groups excluding carboxylic acids is 1. The van der Waals surface area contributed by atoms with Crippen molar-refractivity contribution >= 4 is 34.8 Å². The quantitative estimate of drug-likeness (QED) is 0.711. The topological polar surface area (TPSA) is 66.9 Å². The van der Waals surface area contributed by atoms with E-state index in [0.717, 1.165) is 16.8 Å². The molecule has 0 radical (unpaired) electrons. The van der Waals surface area contributed by atoms with Gasteiger partial charge in [-0.05, 0) is 43.2 Å². The highest BCUT2D eigenvalue weighted by Crippen LogP contribution is 2.23. The lowest BCUT2D eigenvalue weighted by Gasteiger charge is -2.12. The third kappa shape index (κ3) is 3.95. The zero-order chi connectivity index (χ0) is 17.8. The van der Waals surface area contributed by atoms with Crippen LogP contribution in [0.25, 0.3) is 0 Å². The highest BCUT2D eigenvalue weighted by Gasteiger charge is 2.12. The molecule has 3 aromatic rings. The highest BCUT2D eigenvalue weighted by molar-refractivity contribution is 6.33. The van der Waals surface area contributed by atoms with Crippen molar-refractivity contribution in [3.63, 3.8) is 0 Å². The number of anilines is 3. The second-order valence-electron chi connectivity index (χ2n) is 5.59. The van der Waals surface area contributed by atoms with Crippen molar-refractivity contribution in [2.24, 2.45) is 0 Å². The minimum atomic E-state index is -0.347. The van der Waals surface area contributed by atoms with Crippen LogP contribution in [0.4, 0.5) is 17.3 Å². The first-order chi connectivity index (χ1) is 12.0. The Labute approximate surface area is 151 Å². The fourth-order valence-corrected chi connectivity index (χ4v) is 2.60. The Balaban J connectivity index is 1.82. The number of amides is 1. The molecular weight excluding hydrogens is 336 g/mol. The number of hydrogen-bond acceptors (Lipinski definition) is 4. The summed E-state index contributed by atoms with van der Waals surface area (Å²) in [5, 5.41) is 6.41. The molecular formula is C19H17ClN4O. The van der Waals surface area contributed by atoms with E-state index in [9.17, 15) is 4.79 Å². The van der Waals surface area contributed by atoms with Crippen molar-refractivity contribution in [3.8, 4) is 0 Å². The van der Waals surface area contributed by atoms with Gasteiger partial charge in [0, 0.05) is 11.9 Å². The van der Waals surface area contributed by atoms with Gasteiger partial charge in [0.2, 0.25) is 5.95 Å². The SMILES string of the molecule is Cc1cccc(C)c1Nc1nccc(C(=O)Nc2ccccc2Cl)n1. The lowest BCUT2D eigenvalue weighted by atomic mass is 10.1. The van der Waals surface area contributed by atoms with Gasteiger partial charge in [0.05, 0.1) is 10.7 Å². The van der Waals surface area contributed by atoms with Crippen LogP contribution in [-0.2, 0) is 0 Å². The average molecular weight is 353 g/mol. The first-order valence-electron chi connectivity index (χ1n) is 7.77. The van der Waals surface area contributed by atoms with Gasteiger partial charge in [-0.15, -0.1) is 0 Å². The number of aryl methyl sites for hydroxylation is 2. The minimum absolute atomic E-state index is 0.253. The fourth-order valence-electron chi connectivity index (χ4n) is 2.42. The fraction of sp³-hybridized carbons (Fsp3) is 0.105. The van der Waals surface area contributed by atoms with Gasteiger partial charge < -0.3 is 10.6 Å². The van der Waals surface area contributed by atoms with Crippen LogP contribution in [-0.4, -0.2) is 15.9 Å². The molecule has 0 aliphatic carbocycles. The number of rotatable bonds is 4. The predicted molar refractivity (Wildman–Crippen MR) is 101 cm³/mol. The molecule has 0 aliphatic rings. The molecule has 0 aliphatic heterocycles. The van der Waals surface area contributed by atoms with Crippen molar-refractivity contribution < 1.29 is 4.79 Å². The summed E-state index contributed by atoms with van der Waals surface area (Å²) in [5.74, 6) is 0.0178. The van der Waals surface area contributed by atoms with E-state index in [1.807, 2.05) is 32.0 Å². The van der Waals surface area contributed by atoms with Gasteiger partial charge in [0.1, 0.15) is 5.69 Å². The first-order valence-corrected chi connectivity index (χ1v) is 8.14. The molecule has 0 fully saturated rings. The number of nitrogens with zero attached hydrogens (tertiary/aromatic N) is 2. The van der Waals surface area contributed by atoms with Crippen LogP contribution in [0.5, 0.6) is 0 Å². The molecule has 5 nitrogen and oxygen atoms in total. The zero-order valence-electron chi connectivity index (χ0n) is 13.9. The summed E-state index contributed by atoms with van der Waals surface area (Å²) < 4.78 is 0. The van der Waals surface area contributed by atoms with E-state index in [2.05, 4.69) is 20.6 Å². The monoisotopic (exact) mass is 352 g/mol. The van der Waals surface area contributed by atoms with Crippen LogP contribution in [0, 0.1) is 13.8 Å². The van der Waals surface area contributed by atoms with E-state index in [-0.39, 0.29) is 11.6 Å². The van der Waals surface area contributed by atoms with Crippen LogP contribution >= 0.6 is 11.6 Å². The number of para-hydroxylation sites is 2. The number of hydrogen-bond donors (Lipinski definition) is 2. The summed E-state index contributed by atoms with van der Waals surface area (Å²) >= 11 is 6.07. The Bertz CT molecular complexity index is 907. The zero-order valence-corrected chi connectivity index (χ0v) is 14.6. The Morgan fingerprint density at radius 2 is 1.72 bits per heavy atom. The smallest absolute Gasteiger partial charge is 0.274 e. The van der Waals surface area contributed by atoms with E-state index in [4.69, 9.17) is 11.6 Å². The molecule has 0 spiro atoms.